The van der Waals surface area contributed by atoms with E-state index in [0.717, 1.165) is 24.0 Å². The predicted molar refractivity (Wildman–Crippen MR) is 111 cm³/mol. The number of nitrogens with zero attached hydrogens (tertiary/aromatic N) is 1. The molecule has 0 atom stereocenters. The van der Waals surface area contributed by atoms with Crippen LogP contribution < -0.4 is 19.6 Å². The molecule has 0 aliphatic rings. The maximum atomic E-state index is 11.9. The minimum atomic E-state index is -0.364. The number of hydrazone groups is 1. The van der Waals surface area contributed by atoms with Crippen LogP contribution in [0.5, 0.6) is 17.2 Å². The zero-order chi connectivity index (χ0) is 20.4. The Kier molecular flexibility index (Phi) is 8.62. The van der Waals surface area contributed by atoms with Crippen LogP contribution in [0.4, 0.5) is 0 Å². The van der Waals surface area contributed by atoms with E-state index in [9.17, 15) is 4.79 Å². The second-order valence-corrected chi connectivity index (χ2v) is 6.54. The lowest BCUT2D eigenvalue weighted by Gasteiger charge is -2.10. The Bertz CT molecular complexity index is 824. The number of methoxy groups -OCH3 is 1. The van der Waals surface area contributed by atoms with Crippen LogP contribution in [0.1, 0.15) is 30.9 Å². The number of hydrogen-bond donors (Lipinski definition) is 1. The lowest BCUT2D eigenvalue weighted by molar-refractivity contribution is -0.123. The van der Waals surface area contributed by atoms with Crippen LogP contribution in [0, 0.1) is 6.92 Å². The largest absolute Gasteiger partial charge is 0.493 e. The zero-order valence-corrected chi connectivity index (χ0v) is 17.1. The predicted octanol–water partition coefficient (Wildman–Crippen LogP) is 4.37. The van der Waals surface area contributed by atoms with Crippen LogP contribution in [-0.2, 0) is 4.79 Å². The van der Waals surface area contributed by atoms with E-state index in [2.05, 4.69) is 17.5 Å². The summed E-state index contributed by atoms with van der Waals surface area (Å²) >= 11 is 5.90. The van der Waals surface area contributed by atoms with Gasteiger partial charge in [0.25, 0.3) is 5.91 Å². The number of halogens is 1. The standard InChI is InChI=1S/C21H25ClN2O4/c1-4-5-10-27-19-8-6-16(12-20(19)26-3)13-23-24-21(25)14-28-18-9-7-17(22)11-15(18)2/h6-9,11-13H,4-5,10,14H2,1-3H3,(H,24,25). The van der Waals surface area contributed by atoms with Gasteiger partial charge in [-0.1, -0.05) is 24.9 Å². The van der Waals surface area contributed by atoms with Gasteiger partial charge in [0.15, 0.2) is 18.1 Å². The van der Waals surface area contributed by atoms with Gasteiger partial charge in [-0.15, -0.1) is 0 Å². The molecule has 0 spiro atoms. The first-order chi connectivity index (χ1) is 13.5. The van der Waals surface area contributed by atoms with Crippen molar-refractivity contribution in [2.45, 2.75) is 26.7 Å². The molecule has 6 nitrogen and oxygen atoms in total. The van der Waals surface area contributed by atoms with Crippen molar-refractivity contribution in [3.8, 4) is 17.2 Å². The minimum absolute atomic E-state index is 0.145. The SMILES string of the molecule is CCCCOc1ccc(C=NNC(=O)COc2ccc(Cl)cc2C)cc1OC. The molecule has 2 aromatic carbocycles. The van der Waals surface area contributed by atoms with Crippen molar-refractivity contribution in [2.75, 3.05) is 20.3 Å². The van der Waals surface area contributed by atoms with Crippen LogP contribution in [0.3, 0.4) is 0 Å². The lowest BCUT2D eigenvalue weighted by atomic mass is 10.2. The van der Waals surface area contributed by atoms with Gasteiger partial charge in [-0.05, 0) is 60.9 Å². The molecule has 28 heavy (non-hydrogen) atoms. The second-order valence-electron chi connectivity index (χ2n) is 6.10. The molecule has 7 heteroatoms. The highest BCUT2D eigenvalue weighted by molar-refractivity contribution is 6.30. The molecule has 1 amide bonds. The van der Waals surface area contributed by atoms with E-state index in [1.54, 1.807) is 31.4 Å². The van der Waals surface area contributed by atoms with Gasteiger partial charge in [0, 0.05) is 5.02 Å². The first-order valence-corrected chi connectivity index (χ1v) is 9.43. The zero-order valence-electron chi connectivity index (χ0n) is 16.3. The fourth-order valence-corrected chi connectivity index (χ4v) is 2.57. The Morgan fingerprint density at radius 3 is 2.64 bits per heavy atom. The molecule has 0 bridgehead atoms. The molecular formula is C21H25ClN2O4. The number of amides is 1. The third kappa shape index (κ3) is 6.78. The van der Waals surface area contributed by atoms with Gasteiger partial charge in [0.2, 0.25) is 0 Å². The number of ether oxygens (including phenoxy) is 3. The molecular weight excluding hydrogens is 380 g/mol. The highest BCUT2D eigenvalue weighted by atomic mass is 35.5. The molecule has 0 saturated heterocycles. The lowest BCUT2D eigenvalue weighted by Crippen LogP contribution is -2.24. The summed E-state index contributed by atoms with van der Waals surface area (Å²) in [5.74, 6) is 1.54. The maximum Gasteiger partial charge on any atom is 0.277 e. The van der Waals surface area contributed by atoms with Gasteiger partial charge in [0.05, 0.1) is 19.9 Å². The van der Waals surface area contributed by atoms with Gasteiger partial charge in [0.1, 0.15) is 5.75 Å². The molecule has 0 aliphatic heterocycles. The van der Waals surface area contributed by atoms with Crippen molar-refractivity contribution < 1.29 is 19.0 Å². The van der Waals surface area contributed by atoms with Gasteiger partial charge in [-0.2, -0.15) is 5.10 Å². The molecule has 0 aromatic heterocycles. The third-order valence-electron chi connectivity index (χ3n) is 3.84. The van der Waals surface area contributed by atoms with Crippen molar-refractivity contribution >= 4 is 23.7 Å². The summed E-state index contributed by atoms with van der Waals surface area (Å²) < 4.78 is 16.5. The molecule has 0 aliphatic carbocycles. The maximum absolute atomic E-state index is 11.9. The summed E-state index contributed by atoms with van der Waals surface area (Å²) in [5.41, 5.74) is 4.06. The number of unbranched alkanes of at least 4 members (excludes halogenated alkanes) is 1. The molecule has 2 rings (SSSR count). The van der Waals surface area contributed by atoms with Crippen LogP contribution in [-0.4, -0.2) is 32.4 Å². The Labute approximate surface area is 170 Å². The van der Waals surface area contributed by atoms with Crippen molar-refractivity contribution in [1.29, 1.82) is 0 Å². The number of hydrogen-bond acceptors (Lipinski definition) is 5. The summed E-state index contributed by atoms with van der Waals surface area (Å²) in [6, 6.07) is 10.7. The Morgan fingerprint density at radius 1 is 1.14 bits per heavy atom. The third-order valence-corrected chi connectivity index (χ3v) is 4.08. The van der Waals surface area contributed by atoms with Crippen LogP contribution in [0.2, 0.25) is 5.02 Å². The van der Waals surface area contributed by atoms with E-state index in [-0.39, 0.29) is 12.5 Å². The number of benzene rings is 2. The van der Waals surface area contributed by atoms with Crippen molar-refractivity contribution in [2.24, 2.45) is 5.10 Å². The summed E-state index contributed by atoms with van der Waals surface area (Å²) in [6.45, 7) is 4.47. The molecule has 0 radical (unpaired) electrons. The van der Waals surface area contributed by atoms with Crippen LogP contribution >= 0.6 is 11.6 Å². The number of carbonyl (C=O) groups excluding carboxylic acids is 1. The van der Waals surface area contributed by atoms with E-state index >= 15 is 0 Å². The number of nitrogens with one attached hydrogen (secondary N) is 1. The van der Waals surface area contributed by atoms with E-state index in [1.807, 2.05) is 19.1 Å². The number of carbonyl (C=O) groups is 1. The van der Waals surface area contributed by atoms with Crippen molar-refractivity contribution in [1.82, 2.24) is 5.43 Å². The fraction of sp³-hybridized carbons (Fsp3) is 0.333. The van der Waals surface area contributed by atoms with E-state index in [1.165, 1.54) is 6.21 Å². The van der Waals surface area contributed by atoms with Crippen LogP contribution in [0.15, 0.2) is 41.5 Å². The van der Waals surface area contributed by atoms with Gasteiger partial charge in [-0.25, -0.2) is 5.43 Å². The molecule has 0 unspecified atom stereocenters. The number of aryl methyl sites for hydroxylation is 1. The minimum Gasteiger partial charge on any atom is -0.493 e. The summed E-state index contributed by atoms with van der Waals surface area (Å²) in [7, 11) is 1.58. The number of rotatable bonds is 10. The summed E-state index contributed by atoms with van der Waals surface area (Å²) in [4.78, 5) is 11.9. The average molecular weight is 405 g/mol. The monoisotopic (exact) mass is 404 g/mol. The van der Waals surface area contributed by atoms with Gasteiger partial charge >= 0.3 is 0 Å². The van der Waals surface area contributed by atoms with Gasteiger partial charge in [-0.3, -0.25) is 4.79 Å². The summed E-state index contributed by atoms with van der Waals surface area (Å²) in [5, 5.41) is 4.57. The van der Waals surface area contributed by atoms with Gasteiger partial charge < -0.3 is 14.2 Å². The van der Waals surface area contributed by atoms with Crippen LogP contribution in [0.25, 0.3) is 0 Å². The molecule has 2 aromatic rings. The van der Waals surface area contributed by atoms with E-state index in [0.29, 0.717) is 28.9 Å². The topological polar surface area (TPSA) is 69.2 Å². The first kappa shape index (κ1) is 21.6. The Morgan fingerprint density at radius 2 is 1.93 bits per heavy atom. The normalized spacial score (nSPS) is 10.7. The highest BCUT2D eigenvalue weighted by Crippen LogP contribution is 2.27. The first-order valence-electron chi connectivity index (χ1n) is 9.05. The van der Waals surface area contributed by atoms with Crippen molar-refractivity contribution in [3.63, 3.8) is 0 Å². The Balaban J connectivity index is 1.86. The average Bonchev–Trinajstić information content (AvgIpc) is 2.68. The quantitative estimate of drug-likeness (QED) is 0.363. The molecule has 0 saturated carbocycles. The Hall–Kier alpha value is -2.73. The molecule has 0 heterocycles. The van der Waals surface area contributed by atoms with Crippen molar-refractivity contribution in [3.05, 3.63) is 52.5 Å². The smallest absolute Gasteiger partial charge is 0.277 e. The second kappa shape index (κ2) is 11.2. The molecule has 0 fully saturated rings. The summed E-state index contributed by atoms with van der Waals surface area (Å²) in [6.07, 6.45) is 3.58. The fourth-order valence-electron chi connectivity index (χ4n) is 2.34. The van der Waals surface area contributed by atoms with E-state index in [4.69, 9.17) is 25.8 Å². The highest BCUT2D eigenvalue weighted by Gasteiger charge is 2.06. The molecule has 150 valence electrons. The van der Waals surface area contributed by atoms with E-state index < -0.39 is 0 Å². The molecule has 1 N–H and O–H groups in total.